The fourth-order valence-corrected chi connectivity index (χ4v) is 4.32. The maximum absolute atomic E-state index is 13.0. The van der Waals surface area contributed by atoms with Crippen LogP contribution in [0.25, 0.3) is 5.65 Å². The minimum Gasteiger partial charge on any atom is -0.485 e. The number of carbonyl (C=O) groups is 1. The molecule has 1 N–H and O–H groups in total. The van der Waals surface area contributed by atoms with Crippen molar-refractivity contribution in [3.05, 3.63) is 126 Å². The summed E-state index contributed by atoms with van der Waals surface area (Å²) in [7, 11) is 0. The summed E-state index contributed by atoms with van der Waals surface area (Å²) >= 11 is 0. The molecule has 2 aromatic carbocycles. The molecule has 0 aliphatic carbocycles. The number of carbonyl (C=O) groups excluding carboxylic acids is 1. The lowest BCUT2D eigenvalue weighted by molar-refractivity contribution is -0.121. The van der Waals surface area contributed by atoms with Crippen LogP contribution in [0.15, 0.2) is 102 Å². The fourth-order valence-electron chi connectivity index (χ4n) is 4.32. The van der Waals surface area contributed by atoms with Crippen LogP contribution in [0.2, 0.25) is 0 Å². The van der Waals surface area contributed by atoms with Crippen LogP contribution >= 0.6 is 0 Å². The molecule has 0 saturated heterocycles. The predicted octanol–water partition coefficient (Wildman–Crippen LogP) is 5.65. The third kappa shape index (κ3) is 5.11. The Morgan fingerprint density at radius 2 is 1.86 bits per heavy atom. The lowest BCUT2D eigenvalue weighted by Gasteiger charge is -2.19. The first-order chi connectivity index (χ1) is 17.2. The van der Waals surface area contributed by atoms with Crippen LogP contribution in [0.4, 0.5) is 0 Å². The van der Waals surface area contributed by atoms with E-state index in [1.165, 1.54) is 0 Å². The van der Waals surface area contributed by atoms with Gasteiger partial charge in [-0.3, -0.25) is 4.79 Å². The molecule has 0 aliphatic rings. The Morgan fingerprint density at radius 1 is 1.03 bits per heavy atom. The number of imidazole rings is 1. The van der Waals surface area contributed by atoms with Crippen molar-refractivity contribution in [2.45, 2.75) is 32.4 Å². The van der Waals surface area contributed by atoms with Crippen LogP contribution in [0.1, 0.15) is 40.5 Å². The molecule has 0 saturated carbocycles. The standard InChI is InChI=1S/C29H27N3O3/c1-21-9-5-6-13-24(21)25(17-28(33)30-18-23-12-8-16-34-23)26-19-31-29-27(14-7-15-32(26)29)35-20-22-10-3-2-4-11-22/h2-16,19,25H,17-18,20H2,1H3,(H,30,33). The molecule has 1 unspecified atom stereocenters. The molecule has 6 heteroatoms. The second kappa shape index (κ2) is 10.3. The van der Waals surface area contributed by atoms with Crippen molar-refractivity contribution < 1.29 is 13.9 Å². The molecule has 0 fully saturated rings. The van der Waals surface area contributed by atoms with Crippen LogP contribution in [0.3, 0.4) is 0 Å². The summed E-state index contributed by atoms with van der Waals surface area (Å²) in [5.41, 5.74) is 4.98. The summed E-state index contributed by atoms with van der Waals surface area (Å²) in [5, 5.41) is 2.98. The maximum Gasteiger partial charge on any atom is 0.221 e. The highest BCUT2D eigenvalue weighted by molar-refractivity contribution is 5.77. The Balaban J connectivity index is 1.44. The molecule has 35 heavy (non-hydrogen) atoms. The van der Waals surface area contributed by atoms with Crippen LogP contribution in [-0.4, -0.2) is 15.3 Å². The highest BCUT2D eigenvalue weighted by atomic mass is 16.5. The van der Waals surface area contributed by atoms with Crippen molar-refractivity contribution in [2.24, 2.45) is 0 Å². The van der Waals surface area contributed by atoms with E-state index in [1.807, 2.05) is 83.5 Å². The summed E-state index contributed by atoms with van der Waals surface area (Å²) < 4.78 is 13.5. The second-order valence-electron chi connectivity index (χ2n) is 8.49. The Kier molecular flexibility index (Phi) is 6.61. The summed E-state index contributed by atoms with van der Waals surface area (Å²) in [6, 6.07) is 25.8. The van der Waals surface area contributed by atoms with Crippen molar-refractivity contribution in [2.75, 3.05) is 0 Å². The first kappa shape index (κ1) is 22.5. The summed E-state index contributed by atoms with van der Waals surface area (Å²) in [6.45, 7) is 2.89. The average molecular weight is 466 g/mol. The molecule has 0 bridgehead atoms. The highest BCUT2D eigenvalue weighted by Crippen LogP contribution is 2.32. The molecule has 176 valence electrons. The van der Waals surface area contributed by atoms with Crippen LogP contribution in [-0.2, 0) is 17.9 Å². The van der Waals surface area contributed by atoms with E-state index < -0.39 is 0 Å². The number of furan rings is 1. The first-order valence-electron chi connectivity index (χ1n) is 11.7. The summed E-state index contributed by atoms with van der Waals surface area (Å²) in [6.07, 6.45) is 5.71. The predicted molar refractivity (Wildman–Crippen MR) is 134 cm³/mol. The number of benzene rings is 2. The average Bonchev–Trinajstić information content (AvgIpc) is 3.56. The molecule has 3 heterocycles. The van der Waals surface area contributed by atoms with Gasteiger partial charge in [-0.25, -0.2) is 4.98 Å². The van der Waals surface area contributed by atoms with Gasteiger partial charge in [0.25, 0.3) is 0 Å². The number of amides is 1. The van der Waals surface area contributed by atoms with E-state index in [1.54, 1.807) is 6.26 Å². The smallest absolute Gasteiger partial charge is 0.221 e. The number of hydrogen-bond donors (Lipinski definition) is 1. The van der Waals surface area contributed by atoms with Gasteiger partial charge in [-0.1, -0.05) is 54.6 Å². The second-order valence-corrected chi connectivity index (χ2v) is 8.49. The molecular weight excluding hydrogens is 438 g/mol. The van der Waals surface area contributed by atoms with E-state index in [-0.39, 0.29) is 18.2 Å². The fraction of sp³-hybridized carbons (Fsp3) is 0.172. The summed E-state index contributed by atoms with van der Waals surface area (Å²) in [5.74, 6) is 1.20. The van der Waals surface area contributed by atoms with Gasteiger partial charge in [-0.05, 0) is 47.9 Å². The Hall–Kier alpha value is -4.32. The van der Waals surface area contributed by atoms with Gasteiger partial charge >= 0.3 is 0 Å². The Morgan fingerprint density at radius 3 is 2.66 bits per heavy atom. The van der Waals surface area contributed by atoms with Crippen molar-refractivity contribution in [1.82, 2.24) is 14.7 Å². The quantitative estimate of drug-likeness (QED) is 0.305. The summed E-state index contributed by atoms with van der Waals surface area (Å²) in [4.78, 5) is 17.7. The van der Waals surface area contributed by atoms with E-state index in [2.05, 4.69) is 24.4 Å². The van der Waals surface area contributed by atoms with Crippen molar-refractivity contribution in [3.63, 3.8) is 0 Å². The van der Waals surface area contributed by atoms with Gasteiger partial charge < -0.3 is 18.9 Å². The molecule has 0 aliphatic heterocycles. The van der Waals surface area contributed by atoms with E-state index in [0.29, 0.717) is 18.9 Å². The zero-order valence-corrected chi connectivity index (χ0v) is 19.6. The largest absolute Gasteiger partial charge is 0.485 e. The molecule has 1 atom stereocenters. The molecule has 0 radical (unpaired) electrons. The van der Waals surface area contributed by atoms with Crippen LogP contribution < -0.4 is 10.1 Å². The zero-order chi connectivity index (χ0) is 24.0. The molecule has 5 aromatic rings. The van der Waals surface area contributed by atoms with Crippen LogP contribution in [0.5, 0.6) is 5.75 Å². The Bertz CT molecular complexity index is 1410. The number of pyridine rings is 1. The minimum absolute atomic E-state index is 0.0546. The van der Waals surface area contributed by atoms with Crippen molar-refractivity contribution >= 4 is 11.6 Å². The third-order valence-corrected chi connectivity index (χ3v) is 6.12. The lowest BCUT2D eigenvalue weighted by atomic mass is 9.89. The number of rotatable bonds is 9. The van der Waals surface area contributed by atoms with Crippen molar-refractivity contribution in [3.8, 4) is 5.75 Å². The van der Waals surface area contributed by atoms with E-state index in [9.17, 15) is 4.79 Å². The molecule has 6 nitrogen and oxygen atoms in total. The number of ether oxygens (including phenoxy) is 1. The maximum atomic E-state index is 13.0. The highest BCUT2D eigenvalue weighted by Gasteiger charge is 2.24. The third-order valence-electron chi connectivity index (χ3n) is 6.12. The van der Waals surface area contributed by atoms with Gasteiger partial charge in [0.15, 0.2) is 11.4 Å². The van der Waals surface area contributed by atoms with Gasteiger partial charge in [0.1, 0.15) is 12.4 Å². The molecule has 3 aromatic heterocycles. The van der Waals surface area contributed by atoms with Crippen LogP contribution in [0, 0.1) is 6.92 Å². The zero-order valence-electron chi connectivity index (χ0n) is 19.6. The van der Waals surface area contributed by atoms with E-state index in [4.69, 9.17) is 14.1 Å². The Labute approximate surface area is 204 Å². The SMILES string of the molecule is Cc1ccccc1C(CC(=O)NCc1ccco1)c1cnc2c(OCc3ccccc3)cccn12. The van der Waals surface area contributed by atoms with Gasteiger partial charge in [0.2, 0.25) is 5.91 Å². The van der Waals surface area contributed by atoms with Gasteiger partial charge in [0, 0.05) is 24.7 Å². The number of aromatic nitrogens is 2. The molecule has 1 amide bonds. The van der Waals surface area contributed by atoms with Gasteiger partial charge in [-0.2, -0.15) is 0 Å². The number of nitrogens with zero attached hydrogens (tertiary/aromatic N) is 2. The minimum atomic E-state index is -0.174. The normalized spacial score (nSPS) is 11.9. The van der Waals surface area contributed by atoms with E-state index >= 15 is 0 Å². The van der Waals surface area contributed by atoms with Crippen molar-refractivity contribution in [1.29, 1.82) is 0 Å². The monoisotopic (exact) mass is 465 g/mol. The molecule has 5 rings (SSSR count). The topological polar surface area (TPSA) is 68.8 Å². The van der Waals surface area contributed by atoms with E-state index in [0.717, 1.165) is 33.8 Å². The first-order valence-corrected chi connectivity index (χ1v) is 11.7. The molecule has 0 spiro atoms. The number of hydrogen-bond acceptors (Lipinski definition) is 4. The number of aryl methyl sites for hydroxylation is 1. The van der Waals surface area contributed by atoms with Gasteiger partial charge in [0.05, 0.1) is 18.5 Å². The molecular formula is C29H27N3O3. The van der Waals surface area contributed by atoms with Gasteiger partial charge in [-0.15, -0.1) is 0 Å². The lowest BCUT2D eigenvalue weighted by Crippen LogP contribution is -2.25. The number of fused-ring (bicyclic) bond motifs is 1. The number of nitrogens with one attached hydrogen (secondary N) is 1.